The number of benzene rings is 2. The molecule has 6 heteroatoms. The van der Waals surface area contributed by atoms with Gasteiger partial charge in [0.2, 0.25) is 5.91 Å². The molecule has 0 saturated heterocycles. The number of hydrogen-bond donors (Lipinski definition) is 2. The fourth-order valence-corrected chi connectivity index (χ4v) is 2.72. The fraction of sp³-hybridized carbons (Fsp3) is 0.333. The summed E-state index contributed by atoms with van der Waals surface area (Å²) in [7, 11) is 0. The van der Waals surface area contributed by atoms with E-state index < -0.39 is 11.9 Å². The molecule has 0 bridgehead atoms. The number of nitrogens with one attached hydrogen (secondary N) is 1. The van der Waals surface area contributed by atoms with Gasteiger partial charge in [0.15, 0.2) is 6.73 Å². The molecule has 0 fully saturated rings. The second-order valence-electron chi connectivity index (χ2n) is 7.47. The van der Waals surface area contributed by atoms with E-state index in [0.29, 0.717) is 17.1 Å². The van der Waals surface area contributed by atoms with Gasteiger partial charge >= 0.3 is 6.03 Å². The number of urea groups is 1. The van der Waals surface area contributed by atoms with Gasteiger partial charge in [-0.3, -0.25) is 4.79 Å². The molecule has 0 aliphatic rings. The van der Waals surface area contributed by atoms with Crippen LogP contribution in [0.3, 0.4) is 0 Å². The highest BCUT2D eigenvalue weighted by Crippen LogP contribution is 2.32. The molecule has 27 heavy (non-hydrogen) atoms. The normalized spacial score (nSPS) is 11.0. The van der Waals surface area contributed by atoms with E-state index in [2.05, 4.69) is 32.2 Å². The van der Waals surface area contributed by atoms with Gasteiger partial charge in [0, 0.05) is 12.6 Å². The average molecular weight is 369 g/mol. The lowest BCUT2D eigenvalue weighted by Crippen LogP contribution is -2.44. The first-order chi connectivity index (χ1) is 12.6. The summed E-state index contributed by atoms with van der Waals surface area (Å²) in [6.07, 6.45) is 0. The third-order valence-corrected chi connectivity index (χ3v) is 4.04. The topological polar surface area (TPSA) is 84.7 Å². The molecule has 0 aromatic heterocycles. The summed E-state index contributed by atoms with van der Waals surface area (Å²) in [5.74, 6) is 0.288. The van der Waals surface area contributed by atoms with Gasteiger partial charge < -0.3 is 15.8 Å². The van der Waals surface area contributed by atoms with E-state index in [1.807, 2.05) is 19.1 Å². The number of nitrogen functional groups attached to an aromatic ring is 1. The predicted molar refractivity (Wildman–Crippen MR) is 108 cm³/mol. The van der Waals surface area contributed by atoms with Crippen molar-refractivity contribution in [3.8, 4) is 5.75 Å². The van der Waals surface area contributed by atoms with E-state index in [0.717, 1.165) is 16.0 Å². The van der Waals surface area contributed by atoms with Crippen molar-refractivity contribution in [2.45, 2.75) is 40.0 Å². The Bertz CT molecular complexity index is 841. The van der Waals surface area contributed by atoms with Crippen molar-refractivity contribution in [3.05, 3.63) is 53.6 Å². The van der Waals surface area contributed by atoms with Crippen LogP contribution in [0.25, 0.3) is 0 Å². The SMILES string of the molecule is CC(=O)N(C(=O)NCOc1ccc(C)cc1C(C)(C)C)c1cccc(N)c1. The molecule has 6 nitrogen and oxygen atoms in total. The minimum Gasteiger partial charge on any atom is -0.473 e. The largest absolute Gasteiger partial charge is 0.473 e. The summed E-state index contributed by atoms with van der Waals surface area (Å²) in [6.45, 7) is 9.59. The molecule has 3 amide bonds. The quantitative estimate of drug-likeness (QED) is 0.631. The van der Waals surface area contributed by atoms with E-state index >= 15 is 0 Å². The monoisotopic (exact) mass is 369 g/mol. The van der Waals surface area contributed by atoms with Gasteiger partial charge in [0.25, 0.3) is 0 Å². The van der Waals surface area contributed by atoms with Crippen molar-refractivity contribution in [1.29, 1.82) is 0 Å². The number of nitrogens with zero attached hydrogens (tertiary/aromatic N) is 1. The Morgan fingerprint density at radius 2 is 1.85 bits per heavy atom. The third kappa shape index (κ3) is 5.23. The van der Waals surface area contributed by atoms with Crippen molar-refractivity contribution >= 4 is 23.3 Å². The van der Waals surface area contributed by atoms with Crippen LogP contribution in [0.15, 0.2) is 42.5 Å². The summed E-state index contributed by atoms with van der Waals surface area (Å²) in [5.41, 5.74) is 8.72. The Morgan fingerprint density at radius 1 is 1.15 bits per heavy atom. The number of nitrogens with two attached hydrogens (primary N) is 1. The summed E-state index contributed by atoms with van der Waals surface area (Å²) in [5, 5.41) is 2.63. The van der Waals surface area contributed by atoms with Crippen LogP contribution in [0.4, 0.5) is 16.2 Å². The molecule has 0 radical (unpaired) electrons. The Balaban J connectivity index is 2.10. The molecule has 2 aromatic carbocycles. The molecule has 3 N–H and O–H groups in total. The van der Waals surface area contributed by atoms with Gasteiger partial charge in [0.05, 0.1) is 5.69 Å². The summed E-state index contributed by atoms with van der Waals surface area (Å²) >= 11 is 0. The molecule has 144 valence electrons. The van der Waals surface area contributed by atoms with E-state index in [4.69, 9.17) is 10.5 Å². The van der Waals surface area contributed by atoms with Gasteiger partial charge in [-0.05, 0) is 42.2 Å². The van der Waals surface area contributed by atoms with E-state index in [-0.39, 0.29) is 12.1 Å². The second kappa shape index (κ2) is 8.12. The fourth-order valence-electron chi connectivity index (χ4n) is 2.72. The summed E-state index contributed by atoms with van der Waals surface area (Å²) in [6, 6.07) is 11.9. The highest BCUT2D eigenvalue weighted by atomic mass is 16.5. The molecule has 0 heterocycles. The maximum absolute atomic E-state index is 12.5. The molecule has 2 aromatic rings. The van der Waals surface area contributed by atoms with E-state index in [1.165, 1.54) is 6.92 Å². The highest BCUT2D eigenvalue weighted by Gasteiger charge is 2.22. The zero-order valence-electron chi connectivity index (χ0n) is 16.5. The first-order valence-corrected chi connectivity index (χ1v) is 8.77. The van der Waals surface area contributed by atoms with Gasteiger partial charge in [-0.25, -0.2) is 9.69 Å². The molecule has 2 rings (SSSR count). The van der Waals surface area contributed by atoms with Gasteiger partial charge in [0.1, 0.15) is 5.75 Å². The Morgan fingerprint density at radius 3 is 2.44 bits per heavy atom. The number of anilines is 2. The molecule has 0 aliphatic heterocycles. The standard InChI is InChI=1S/C21H27N3O3/c1-14-9-10-19(18(11-14)21(3,4)5)27-13-23-20(26)24(15(2)25)17-8-6-7-16(22)12-17/h6-12H,13,22H2,1-5H3,(H,23,26). The van der Waals surface area contributed by atoms with Gasteiger partial charge in [-0.15, -0.1) is 0 Å². The number of ether oxygens (including phenoxy) is 1. The first-order valence-electron chi connectivity index (χ1n) is 8.77. The van der Waals surface area contributed by atoms with Crippen molar-refractivity contribution in [2.24, 2.45) is 0 Å². The maximum atomic E-state index is 12.5. The predicted octanol–water partition coefficient (Wildman–Crippen LogP) is 3.97. The zero-order valence-corrected chi connectivity index (χ0v) is 16.5. The second-order valence-corrected chi connectivity index (χ2v) is 7.47. The van der Waals surface area contributed by atoms with Crippen LogP contribution in [-0.4, -0.2) is 18.7 Å². The van der Waals surface area contributed by atoms with Crippen LogP contribution in [0.5, 0.6) is 5.75 Å². The lowest BCUT2D eigenvalue weighted by molar-refractivity contribution is -0.115. The third-order valence-electron chi connectivity index (χ3n) is 4.04. The molecule has 0 saturated carbocycles. The van der Waals surface area contributed by atoms with Crippen molar-refractivity contribution in [1.82, 2.24) is 5.32 Å². The number of carbonyl (C=O) groups excluding carboxylic acids is 2. The molecular formula is C21H27N3O3. The number of rotatable bonds is 4. The zero-order chi connectivity index (χ0) is 20.2. The molecule has 0 atom stereocenters. The van der Waals surface area contributed by atoms with Crippen molar-refractivity contribution in [2.75, 3.05) is 17.4 Å². The number of aryl methyl sites for hydroxylation is 1. The summed E-state index contributed by atoms with van der Waals surface area (Å²) < 4.78 is 5.78. The minimum atomic E-state index is -0.572. The van der Waals surface area contributed by atoms with Gasteiger partial charge in [-0.1, -0.05) is 44.5 Å². The van der Waals surface area contributed by atoms with Crippen LogP contribution in [-0.2, 0) is 10.2 Å². The van der Waals surface area contributed by atoms with E-state index in [1.54, 1.807) is 24.3 Å². The molecule has 0 aliphatic carbocycles. The maximum Gasteiger partial charge on any atom is 0.331 e. The first kappa shape index (κ1) is 20.3. The molecular weight excluding hydrogens is 342 g/mol. The van der Waals surface area contributed by atoms with Crippen LogP contribution in [0.1, 0.15) is 38.8 Å². The van der Waals surface area contributed by atoms with E-state index in [9.17, 15) is 9.59 Å². The Kier molecular flexibility index (Phi) is 6.10. The van der Waals surface area contributed by atoms with Crippen molar-refractivity contribution in [3.63, 3.8) is 0 Å². The minimum absolute atomic E-state index is 0.0585. The molecule has 0 spiro atoms. The van der Waals surface area contributed by atoms with Crippen LogP contribution >= 0.6 is 0 Å². The van der Waals surface area contributed by atoms with Crippen LogP contribution in [0, 0.1) is 6.92 Å². The smallest absolute Gasteiger partial charge is 0.331 e. The number of hydrogen-bond acceptors (Lipinski definition) is 4. The van der Waals surface area contributed by atoms with Crippen LogP contribution < -0.4 is 20.7 Å². The Labute approximate surface area is 160 Å². The Hall–Kier alpha value is -3.02. The van der Waals surface area contributed by atoms with Crippen LogP contribution in [0.2, 0.25) is 0 Å². The van der Waals surface area contributed by atoms with Gasteiger partial charge in [-0.2, -0.15) is 0 Å². The number of amides is 3. The average Bonchev–Trinajstić information content (AvgIpc) is 2.55. The number of imide groups is 1. The number of carbonyl (C=O) groups is 2. The summed E-state index contributed by atoms with van der Waals surface area (Å²) in [4.78, 5) is 25.5. The highest BCUT2D eigenvalue weighted by molar-refractivity contribution is 6.13. The lowest BCUT2D eigenvalue weighted by Gasteiger charge is -2.24. The molecule has 0 unspecified atom stereocenters. The van der Waals surface area contributed by atoms with Crippen molar-refractivity contribution < 1.29 is 14.3 Å². The lowest BCUT2D eigenvalue weighted by atomic mass is 9.85.